The van der Waals surface area contributed by atoms with E-state index in [1.165, 1.54) is 5.57 Å². The number of carbonyl (C=O) groups excluding carboxylic acids is 1. The first-order chi connectivity index (χ1) is 20.9. The van der Waals surface area contributed by atoms with E-state index in [-0.39, 0.29) is 50.2 Å². The maximum atomic E-state index is 15.1. The Balaban J connectivity index is 4.02. The first-order valence-electron chi connectivity index (χ1n) is 18.6. The van der Waals surface area contributed by atoms with Gasteiger partial charge >= 0.3 is 0 Å². The summed E-state index contributed by atoms with van der Waals surface area (Å²) in [5.74, 6) is 0.204. The molecule has 0 spiro atoms. The SMILES string of the molecule is C=CC[C@@H](O[Si](C)(C)C(C)(C)C)[C@@H](C)C(O[Si](C)(C)C(C)(C)C)[C@@]1(C)C(=O)N([Si](C)(C)C(C)(C)C)[C@@H]1/C=C(\C)CO[Si](C)(C)C(C)(C)C. The Hall–Kier alpha value is -0.302. The number of rotatable bonds is 14. The molecule has 1 heterocycles. The summed E-state index contributed by atoms with van der Waals surface area (Å²) in [7, 11) is -8.66. The summed E-state index contributed by atoms with van der Waals surface area (Å²) in [4.78, 5) is 15.1. The van der Waals surface area contributed by atoms with E-state index in [0.717, 1.165) is 6.42 Å². The van der Waals surface area contributed by atoms with Crippen LogP contribution in [0.25, 0.3) is 0 Å². The van der Waals surface area contributed by atoms with Crippen LogP contribution in [-0.4, -0.2) is 68.5 Å². The molecule has 9 heteroatoms. The van der Waals surface area contributed by atoms with Crippen molar-refractivity contribution in [2.75, 3.05) is 6.61 Å². The van der Waals surface area contributed by atoms with Crippen molar-refractivity contribution in [3.63, 3.8) is 0 Å². The molecule has 1 aliphatic rings. The maximum absolute atomic E-state index is 15.1. The molecule has 0 saturated carbocycles. The second-order valence-electron chi connectivity index (χ2n) is 21.4. The summed E-state index contributed by atoms with van der Waals surface area (Å²) < 4.78 is 23.8. The molecule has 0 aromatic heterocycles. The van der Waals surface area contributed by atoms with Gasteiger partial charge in [-0.1, -0.05) is 121 Å². The van der Waals surface area contributed by atoms with Gasteiger partial charge in [0.25, 0.3) is 0 Å². The minimum absolute atomic E-state index is 0.000155. The Kier molecular flexibility index (Phi) is 13.9. The van der Waals surface area contributed by atoms with Gasteiger partial charge in [-0.3, -0.25) is 4.79 Å². The van der Waals surface area contributed by atoms with Crippen LogP contribution in [0.4, 0.5) is 0 Å². The molecule has 0 aliphatic carbocycles. The predicted octanol–water partition coefficient (Wildman–Crippen LogP) is 12.2. The van der Waals surface area contributed by atoms with Gasteiger partial charge in [0, 0.05) is 5.92 Å². The van der Waals surface area contributed by atoms with Gasteiger partial charge in [0.1, 0.15) is 0 Å². The van der Waals surface area contributed by atoms with E-state index in [4.69, 9.17) is 13.3 Å². The second-order valence-corrected chi connectivity index (χ2v) is 40.8. The first-order valence-corrected chi connectivity index (χ1v) is 30.2. The van der Waals surface area contributed by atoms with Crippen molar-refractivity contribution in [3.05, 3.63) is 24.3 Å². The van der Waals surface area contributed by atoms with Crippen LogP contribution >= 0.6 is 0 Å². The normalized spacial score (nSPS) is 23.1. The molecule has 0 N–H and O–H groups in total. The van der Waals surface area contributed by atoms with Crippen molar-refractivity contribution in [2.24, 2.45) is 11.3 Å². The number of carbonyl (C=O) groups is 1. The fourth-order valence-corrected chi connectivity index (χ4v) is 12.0. The van der Waals surface area contributed by atoms with Crippen LogP contribution < -0.4 is 0 Å². The monoisotopic (exact) mass is 740 g/mol. The third kappa shape index (κ3) is 9.37. The van der Waals surface area contributed by atoms with Crippen molar-refractivity contribution in [3.8, 4) is 0 Å². The molecule has 0 aromatic rings. The van der Waals surface area contributed by atoms with Gasteiger partial charge in [0.15, 0.2) is 33.2 Å². The highest BCUT2D eigenvalue weighted by molar-refractivity contribution is 6.80. The Morgan fingerprint density at radius 2 is 1.21 bits per heavy atom. The lowest BCUT2D eigenvalue weighted by molar-refractivity contribution is -0.174. The van der Waals surface area contributed by atoms with Gasteiger partial charge in [-0.05, 0) is 79.7 Å². The Bertz CT molecular complexity index is 1160. The number of β-lactam (4-membered cyclic amide) rings is 1. The zero-order chi connectivity index (χ0) is 38.5. The third-order valence-corrected chi connectivity index (χ3v) is 32.2. The molecule has 5 nitrogen and oxygen atoms in total. The van der Waals surface area contributed by atoms with Crippen molar-refractivity contribution in [1.29, 1.82) is 0 Å². The fraction of sp³-hybridized carbons (Fsp3) is 0.872. The van der Waals surface area contributed by atoms with E-state index in [1.807, 2.05) is 6.08 Å². The molecule has 282 valence electrons. The standard InChI is InChI=1S/C39H81NO4Si4/c1-25-26-31(43-47(21,22)37(10,11)12)30(3)33(44-48(23,24)38(13,14)15)39(16)32(40(34(39)41)45(17,18)35(4,5)6)27-29(2)28-42-46(19,20)36(7,8)9/h25,27,30-33H,1,26,28H2,2-24H3/b29-27+/t30-,31-,32-,33?,39+/m1/s1. The maximum Gasteiger partial charge on any atom is 0.226 e. The predicted molar refractivity (Wildman–Crippen MR) is 221 cm³/mol. The van der Waals surface area contributed by atoms with Gasteiger partial charge in [-0.25, -0.2) is 0 Å². The van der Waals surface area contributed by atoms with Gasteiger partial charge in [0.05, 0.1) is 30.3 Å². The number of hydrogen-bond donors (Lipinski definition) is 0. The molecule has 1 aliphatic heterocycles. The van der Waals surface area contributed by atoms with Gasteiger partial charge in [0.2, 0.25) is 5.91 Å². The quantitative estimate of drug-likeness (QED) is 0.101. The molecule has 0 aromatic carbocycles. The van der Waals surface area contributed by atoms with E-state index in [0.29, 0.717) is 6.61 Å². The highest BCUT2D eigenvalue weighted by Crippen LogP contribution is 2.55. The molecular weight excluding hydrogens is 659 g/mol. The average Bonchev–Trinajstić information content (AvgIpc) is 2.86. The van der Waals surface area contributed by atoms with E-state index in [2.05, 4.69) is 173 Å². The fourth-order valence-electron chi connectivity index (χ4n) is 5.60. The zero-order valence-corrected chi connectivity index (χ0v) is 40.2. The van der Waals surface area contributed by atoms with Crippen LogP contribution in [0.2, 0.25) is 72.5 Å². The van der Waals surface area contributed by atoms with Crippen molar-refractivity contribution in [2.45, 2.75) is 201 Å². The molecule has 1 saturated heterocycles. The van der Waals surface area contributed by atoms with Crippen LogP contribution in [0, 0.1) is 11.3 Å². The van der Waals surface area contributed by atoms with Gasteiger partial charge in [-0.2, -0.15) is 0 Å². The number of hydrogen-bond acceptors (Lipinski definition) is 4. The average molecular weight is 740 g/mol. The summed E-state index contributed by atoms with van der Waals surface area (Å²) in [6.45, 7) is 57.6. The van der Waals surface area contributed by atoms with E-state index in [1.54, 1.807) is 0 Å². The van der Waals surface area contributed by atoms with Gasteiger partial charge < -0.3 is 17.8 Å². The van der Waals surface area contributed by atoms with Crippen LogP contribution in [0.15, 0.2) is 24.3 Å². The largest absolute Gasteiger partial charge is 0.413 e. The Morgan fingerprint density at radius 3 is 1.58 bits per heavy atom. The molecule has 1 amide bonds. The third-order valence-electron chi connectivity index (χ3n) is 13.5. The lowest BCUT2D eigenvalue weighted by atomic mass is 9.65. The molecule has 0 bridgehead atoms. The molecule has 1 rings (SSSR count). The lowest BCUT2D eigenvalue weighted by Gasteiger charge is -2.66. The first kappa shape index (κ1) is 45.7. The smallest absolute Gasteiger partial charge is 0.226 e. The van der Waals surface area contributed by atoms with Gasteiger partial charge in [-0.15, -0.1) is 6.58 Å². The van der Waals surface area contributed by atoms with E-state index in [9.17, 15) is 0 Å². The van der Waals surface area contributed by atoms with Crippen LogP contribution in [-0.2, 0) is 18.1 Å². The van der Waals surface area contributed by atoms with Crippen molar-refractivity contribution in [1.82, 2.24) is 4.57 Å². The van der Waals surface area contributed by atoms with Crippen LogP contribution in [0.1, 0.15) is 110 Å². The van der Waals surface area contributed by atoms with E-state index < -0.39 is 38.6 Å². The minimum atomic E-state index is -2.32. The van der Waals surface area contributed by atoms with Crippen molar-refractivity contribution >= 4 is 39.1 Å². The van der Waals surface area contributed by atoms with E-state index >= 15 is 4.79 Å². The second kappa shape index (κ2) is 14.6. The Labute approximate surface area is 303 Å². The molecule has 5 atom stereocenters. The number of amides is 1. The van der Waals surface area contributed by atoms with Crippen LogP contribution in [0.3, 0.4) is 0 Å². The van der Waals surface area contributed by atoms with Crippen molar-refractivity contribution < 1.29 is 18.1 Å². The molecule has 1 unspecified atom stereocenters. The minimum Gasteiger partial charge on any atom is -0.413 e. The topological polar surface area (TPSA) is 48.0 Å². The lowest BCUT2D eigenvalue weighted by Crippen LogP contribution is -2.80. The summed E-state index contributed by atoms with van der Waals surface area (Å²) in [5, 5.41) is 0.173. The summed E-state index contributed by atoms with van der Waals surface area (Å²) in [6, 6.07) is -0.0941. The molecular formula is C39H81NO4Si4. The molecule has 0 radical (unpaired) electrons. The Morgan fingerprint density at radius 1 is 0.792 bits per heavy atom. The highest BCUT2D eigenvalue weighted by Gasteiger charge is 2.68. The molecule has 48 heavy (non-hydrogen) atoms. The zero-order valence-electron chi connectivity index (χ0n) is 36.2. The highest BCUT2D eigenvalue weighted by atomic mass is 28.4. The number of nitrogens with zero attached hydrogens (tertiary/aromatic N) is 1. The summed E-state index contributed by atoms with van der Waals surface area (Å²) in [6.07, 6.45) is 4.67. The summed E-state index contributed by atoms with van der Waals surface area (Å²) in [5.41, 5.74) is 0.435. The van der Waals surface area contributed by atoms with Crippen LogP contribution in [0.5, 0.6) is 0 Å². The summed E-state index contributed by atoms with van der Waals surface area (Å²) >= 11 is 0. The molecule has 1 fully saturated rings.